The molecule has 11 heteroatoms. The van der Waals surface area contributed by atoms with Crippen LogP contribution in [0.25, 0.3) is 0 Å². The van der Waals surface area contributed by atoms with Gasteiger partial charge in [-0.1, -0.05) is 23.7 Å². The molecule has 0 radical (unpaired) electrons. The van der Waals surface area contributed by atoms with Crippen molar-refractivity contribution in [3.8, 4) is 5.75 Å². The van der Waals surface area contributed by atoms with Gasteiger partial charge in [0.25, 0.3) is 0 Å². The summed E-state index contributed by atoms with van der Waals surface area (Å²) >= 11 is 6.14. The molecule has 1 N–H and O–H groups in total. The Hall–Kier alpha value is -3.66. The van der Waals surface area contributed by atoms with Gasteiger partial charge in [0.1, 0.15) is 11.6 Å². The van der Waals surface area contributed by atoms with Crippen molar-refractivity contribution in [1.82, 2.24) is 20.0 Å². The quantitative estimate of drug-likeness (QED) is 0.541. The van der Waals surface area contributed by atoms with Crippen molar-refractivity contribution >= 4 is 35.4 Å². The van der Waals surface area contributed by atoms with Gasteiger partial charge in [-0.25, -0.2) is 9.18 Å². The zero-order valence-electron chi connectivity index (χ0n) is 23.6. The average Bonchev–Trinajstić information content (AvgIpc) is 3.44. The summed E-state index contributed by atoms with van der Waals surface area (Å²) in [5.41, 5.74) is 0.965. The highest BCUT2D eigenvalue weighted by Crippen LogP contribution is 2.34. The smallest absolute Gasteiger partial charge is 0.410 e. The highest BCUT2D eigenvalue weighted by molar-refractivity contribution is 6.30. The summed E-state index contributed by atoms with van der Waals surface area (Å²) in [7, 11) is 0. The summed E-state index contributed by atoms with van der Waals surface area (Å²) in [5, 5.41) is 3.37. The summed E-state index contributed by atoms with van der Waals surface area (Å²) in [4.78, 5) is 56.8. The molecule has 3 atom stereocenters. The molecule has 42 heavy (non-hydrogen) atoms. The van der Waals surface area contributed by atoms with Crippen LogP contribution in [0.3, 0.4) is 0 Å². The van der Waals surface area contributed by atoms with Crippen molar-refractivity contribution in [3.63, 3.8) is 0 Å². The predicted octanol–water partition coefficient (Wildman–Crippen LogP) is 4.06. The molecule has 0 saturated carbocycles. The number of carbonyl (C=O) groups excluding carboxylic acids is 4. The molecule has 224 valence electrons. The summed E-state index contributed by atoms with van der Waals surface area (Å²) < 4.78 is 18.9. The highest BCUT2D eigenvalue weighted by atomic mass is 35.5. The van der Waals surface area contributed by atoms with E-state index >= 15 is 0 Å². The molecule has 2 aromatic rings. The number of halogens is 2. The second-order valence-corrected chi connectivity index (χ2v) is 11.7. The SMILES string of the molecule is CCN(C(=O)Oc1ccc(F)cc1)C1CN(C(=O)C2CCN(C(=O)C3CCC(=O)NC3)CC2)CC1c1ccc(Cl)cc1. The molecule has 0 bridgehead atoms. The van der Waals surface area contributed by atoms with Gasteiger partial charge in [0.05, 0.1) is 12.0 Å². The maximum Gasteiger partial charge on any atom is 0.415 e. The van der Waals surface area contributed by atoms with E-state index in [4.69, 9.17) is 16.3 Å². The third-order valence-electron chi connectivity index (χ3n) is 8.66. The largest absolute Gasteiger partial charge is 0.415 e. The van der Waals surface area contributed by atoms with Crippen molar-refractivity contribution in [2.24, 2.45) is 11.8 Å². The van der Waals surface area contributed by atoms with Gasteiger partial charge in [-0.05, 0) is 68.1 Å². The van der Waals surface area contributed by atoms with Crippen LogP contribution in [0.4, 0.5) is 9.18 Å². The zero-order valence-corrected chi connectivity index (χ0v) is 24.4. The lowest BCUT2D eigenvalue weighted by Gasteiger charge is -2.36. The lowest BCUT2D eigenvalue weighted by atomic mass is 9.92. The van der Waals surface area contributed by atoms with Crippen LogP contribution in [0.2, 0.25) is 5.02 Å². The van der Waals surface area contributed by atoms with Gasteiger partial charge in [0.15, 0.2) is 0 Å². The number of nitrogens with one attached hydrogen (secondary N) is 1. The summed E-state index contributed by atoms with van der Waals surface area (Å²) in [5.74, 6) is -0.710. The van der Waals surface area contributed by atoms with Gasteiger partial charge in [0.2, 0.25) is 17.7 Å². The highest BCUT2D eigenvalue weighted by Gasteiger charge is 2.43. The molecule has 3 fully saturated rings. The van der Waals surface area contributed by atoms with E-state index < -0.39 is 11.9 Å². The van der Waals surface area contributed by atoms with E-state index in [1.54, 1.807) is 17.0 Å². The normalized spacial score (nSPS) is 22.9. The molecule has 5 rings (SSSR count). The molecule has 0 spiro atoms. The molecule has 3 aliphatic rings. The maximum atomic E-state index is 13.8. The lowest BCUT2D eigenvalue weighted by Crippen LogP contribution is -2.49. The van der Waals surface area contributed by atoms with Crippen LogP contribution < -0.4 is 10.1 Å². The number of hydrogen-bond acceptors (Lipinski definition) is 5. The van der Waals surface area contributed by atoms with Crippen LogP contribution in [0.1, 0.15) is 44.1 Å². The molecule has 0 aromatic heterocycles. The first-order valence-corrected chi connectivity index (χ1v) is 14.9. The monoisotopic (exact) mass is 598 g/mol. The minimum atomic E-state index is -0.562. The maximum absolute atomic E-state index is 13.8. The molecule has 3 aliphatic heterocycles. The number of benzene rings is 2. The molecular formula is C31H36ClFN4O5. The van der Waals surface area contributed by atoms with Crippen LogP contribution >= 0.6 is 11.6 Å². The number of ether oxygens (including phenoxy) is 1. The molecule has 3 saturated heterocycles. The van der Waals surface area contributed by atoms with E-state index in [9.17, 15) is 23.6 Å². The Morgan fingerprint density at radius 2 is 1.62 bits per heavy atom. The zero-order chi connectivity index (χ0) is 29.8. The van der Waals surface area contributed by atoms with Gasteiger partial charge in [0, 0.05) is 62.5 Å². The fourth-order valence-corrected chi connectivity index (χ4v) is 6.41. The van der Waals surface area contributed by atoms with Crippen molar-refractivity contribution in [3.05, 3.63) is 64.9 Å². The number of piperidine rings is 2. The molecule has 0 aliphatic carbocycles. The standard InChI is InChI=1S/C31H36ClFN4O5/c1-2-37(31(41)42-25-10-8-24(33)9-11-25)27-19-36(18-26(27)20-3-6-23(32)7-4-20)29(39)21-13-15-35(16-14-21)30(40)22-5-12-28(38)34-17-22/h3-4,6-11,21-22,26-27H,2,5,12-19H2,1H3,(H,34,38). The van der Waals surface area contributed by atoms with Gasteiger partial charge in [-0.15, -0.1) is 0 Å². The Balaban J connectivity index is 1.26. The molecule has 3 unspecified atom stereocenters. The first kappa shape index (κ1) is 29.8. The third kappa shape index (κ3) is 6.69. The molecule has 4 amide bonds. The molecule has 2 aromatic carbocycles. The van der Waals surface area contributed by atoms with Gasteiger partial charge in [-0.2, -0.15) is 0 Å². The van der Waals surface area contributed by atoms with Crippen molar-refractivity contribution in [2.45, 2.75) is 44.6 Å². The molecular weight excluding hydrogens is 563 g/mol. The van der Waals surface area contributed by atoms with Gasteiger partial charge >= 0.3 is 6.09 Å². The number of likely N-dealkylation sites (N-methyl/N-ethyl adjacent to an activating group) is 1. The van der Waals surface area contributed by atoms with Crippen molar-refractivity contribution in [2.75, 3.05) is 39.3 Å². The number of nitrogens with zero attached hydrogens (tertiary/aromatic N) is 3. The van der Waals surface area contributed by atoms with Crippen LogP contribution in [-0.2, 0) is 14.4 Å². The number of hydrogen-bond donors (Lipinski definition) is 1. The minimum Gasteiger partial charge on any atom is -0.410 e. The summed E-state index contributed by atoms with van der Waals surface area (Å²) in [6.07, 6.45) is 1.50. The molecule has 9 nitrogen and oxygen atoms in total. The Morgan fingerprint density at radius 3 is 2.24 bits per heavy atom. The van der Waals surface area contributed by atoms with Crippen LogP contribution in [0, 0.1) is 17.7 Å². The number of carbonyl (C=O) groups is 4. The van der Waals surface area contributed by atoms with Crippen molar-refractivity contribution < 1.29 is 28.3 Å². The van der Waals surface area contributed by atoms with Crippen LogP contribution in [0.5, 0.6) is 5.75 Å². The Bertz CT molecular complexity index is 1290. The molecule has 3 heterocycles. The third-order valence-corrected chi connectivity index (χ3v) is 8.92. The van der Waals surface area contributed by atoms with E-state index in [2.05, 4.69) is 5.32 Å². The van der Waals surface area contributed by atoms with E-state index in [1.165, 1.54) is 24.3 Å². The van der Waals surface area contributed by atoms with Crippen LogP contribution in [-0.4, -0.2) is 83.8 Å². The Kier molecular flexibility index (Phi) is 9.30. The Morgan fingerprint density at radius 1 is 0.952 bits per heavy atom. The van der Waals surface area contributed by atoms with Crippen LogP contribution in [0.15, 0.2) is 48.5 Å². The lowest BCUT2D eigenvalue weighted by molar-refractivity contribution is -0.143. The average molecular weight is 599 g/mol. The first-order valence-electron chi connectivity index (χ1n) is 14.6. The second-order valence-electron chi connectivity index (χ2n) is 11.2. The second kappa shape index (κ2) is 13.1. The number of likely N-dealkylation sites (tertiary alicyclic amines) is 2. The topological polar surface area (TPSA) is 99.3 Å². The van der Waals surface area contributed by atoms with Gasteiger partial charge in [-0.3, -0.25) is 14.4 Å². The Labute approximate surface area is 249 Å². The minimum absolute atomic E-state index is 0.0190. The van der Waals surface area contributed by atoms with Gasteiger partial charge < -0.3 is 24.8 Å². The fourth-order valence-electron chi connectivity index (χ4n) is 6.29. The van der Waals surface area contributed by atoms with E-state index in [1.807, 2.05) is 28.9 Å². The first-order chi connectivity index (χ1) is 20.2. The predicted molar refractivity (Wildman–Crippen MR) is 154 cm³/mol. The summed E-state index contributed by atoms with van der Waals surface area (Å²) in [6, 6.07) is 12.4. The van der Waals surface area contributed by atoms with Crippen molar-refractivity contribution in [1.29, 1.82) is 0 Å². The summed E-state index contributed by atoms with van der Waals surface area (Å²) in [6.45, 7) is 4.38. The van der Waals surface area contributed by atoms with E-state index in [-0.39, 0.29) is 47.3 Å². The number of rotatable bonds is 6. The number of amides is 4. The van der Waals surface area contributed by atoms with E-state index in [0.717, 1.165) is 5.56 Å². The fraction of sp³-hybridized carbons (Fsp3) is 0.484. The van der Waals surface area contributed by atoms with E-state index in [0.29, 0.717) is 70.0 Å².